The van der Waals surface area contributed by atoms with Crippen molar-refractivity contribution in [1.29, 1.82) is 0 Å². The van der Waals surface area contributed by atoms with Crippen molar-refractivity contribution >= 4 is 11.7 Å². The first-order chi connectivity index (χ1) is 7.49. The highest BCUT2D eigenvalue weighted by atomic mass is 16.2. The number of hydrogen-bond acceptors (Lipinski definition) is 1. The Labute approximate surface area is 97.2 Å². The summed E-state index contributed by atoms with van der Waals surface area (Å²) in [6.07, 6.45) is 0. The van der Waals surface area contributed by atoms with Crippen LogP contribution in [0.3, 0.4) is 0 Å². The molecule has 0 saturated carbocycles. The van der Waals surface area contributed by atoms with Crippen molar-refractivity contribution in [3.8, 4) is 0 Å². The molecule has 0 unspecified atom stereocenters. The lowest BCUT2D eigenvalue weighted by Crippen LogP contribution is -2.31. The number of amides is 2. The van der Waals surface area contributed by atoms with E-state index in [1.807, 2.05) is 25.1 Å². The Morgan fingerprint density at radius 1 is 1.25 bits per heavy atom. The van der Waals surface area contributed by atoms with E-state index >= 15 is 0 Å². The summed E-state index contributed by atoms with van der Waals surface area (Å²) >= 11 is 0. The lowest BCUT2D eigenvalue weighted by atomic mass is 10.1. The maximum absolute atomic E-state index is 11.5. The average Bonchev–Trinajstić information content (AvgIpc) is 2.21. The molecule has 0 spiro atoms. The zero-order valence-electron chi connectivity index (χ0n) is 10.4. The molecular formula is C13H20N2O. The maximum atomic E-state index is 11.5. The number of carbonyl (C=O) groups is 1. The van der Waals surface area contributed by atoms with Gasteiger partial charge in [-0.2, -0.15) is 0 Å². The first-order valence-corrected chi connectivity index (χ1v) is 5.61. The van der Waals surface area contributed by atoms with E-state index in [0.29, 0.717) is 12.5 Å². The van der Waals surface area contributed by atoms with E-state index < -0.39 is 0 Å². The molecule has 1 rings (SSSR count). The molecular weight excluding hydrogens is 200 g/mol. The van der Waals surface area contributed by atoms with Crippen LogP contribution in [0.4, 0.5) is 10.5 Å². The monoisotopic (exact) mass is 220 g/mol. The van der Waals surface area contributed by atoms with E-state index in [4.69, 9.17) is 0 Å². The summed E-state index contributed by atoms with van der Waals surface area (Å²) in [5.41, 5.74) is 3.25. The zero-order valence-corrected chi connectivity index (χ0v) is 10.4. The van der Waals surface area contributed by atoms with Crippen LogP contribution in [0.2, 0.25) is 0 Å². The highest BCUT2D eigenvalue weighted by molar-refractivity contribution is 5.89. The smallest absolute Gasteiger partial charge is 0.319 e. The van der Waals surface area contributed by atoms with Gasteiger partial charge in [0.2, 0.25) is 0 Å². The molecule has 3 nitrogen and oxygen atoms in total. The highest BCUT2D eigenvalue weighted by Crippen LogP contribution is 2.13. The fraction of sp³-hybridized carbons (Fsp3) is 0.462. The SMILES string of the molecule is Cc1ccc(NC(=O)NCC(C)C)cc1C. The van der Waals surface area contributed by atoms with Crippen molar-refractivity contribution in [2.45, 2.75) is 27.7 Å². The number of nitrogens with one attached hydrogen (secondary N) is 2. The molecule has 0 saturated heterocycles. The van der Waals surface area contributed by atoms with Gasteiger partial charge in [-0.15, -0.1) is 0 Å². The van der Waals surface area contributed by atoms with Crippen LogP contribution < -0.4 is 10.6 Å². The van der Waals surface area contributed by atoms with E-state index in [2.05, 4.69) is 31.4 Å². The molecule has 0 radical (unpaired) electrons. The zero-order chi connectivity index (χ0) is 12.1. The molecule has 0 bridgehead atoms. The number of hydrogen-bond donors (Lipinski definition) is 2. The highest BCUT2D eigenvalue weighted by Gasteiger charge is 2.03. The maximum Gasteiger partial charge on any atom is 0.319 e. The van der Waals surface area contributed by atoms with Gasteiger partial charge in [-0.1, -0.05) is 19.9 Å². The Kier molecular flexibility index (Phi) is 4.35. The van der Waals surface area contributed by atoms with Crippen LogP contribution in [-0.2, 0) is 0 Å². The Hall–Kier alpha value is -1.51. The summed E-state index contributed by atoms with van der Waals surface area (Å²) in [5, 5.41) is 5.63. The normalized spacial score (nSPS) is 10.3. The largest absolute Gasteiger partial charge is 0.338 e. The Morgan fingerprint density at radius 3 is 2.50 bits per heavy atom. The minimum absolute atomic E-state index is 0.142. The molecule has 16 heavy (non-hydrogen) atoms. The second-order valence-electron chi connectivity index (χ2n) is 4.53. The lowest BCUT2D eigenvalue weighted by molar-refractivity contribution is 0.251. The molecule has 0 fully saturated rings. The minimum atomic E-state index is -0.142. The van der Waals surface area contributed by atoms with Crippen molar-refractivity contribution in [2.24, 2.45) is 5.92 Å². The third-order valence-corrected chi connectivity index (χ3v) is 2.44. The molecule has 2 N–H and O–H groups in total. The lowest BCUT2D eigenvalue weighted by Gasteiger charge is -2.10. The van der Waals surface area contributed by atoms with Crippen LogP contribution in [0, 0.1) is 19.8 Å². The van der Waals surface area contributed by atoms with Crippen molar-refractivity contribution in [2.75, 3.05) is 11.9 Å². The van der Waals surface area contributed by atoms with Gasteiger partial charge in [-0.3, -0.25) is 0 Å². The third-order valence-electron chi connectivity index (χ3n) is 2.44. The van der Waals surface area contributed by atoms with Crippen molar-refractivity contribution in [3.05, 3.63) is 29.3 Å². The van der Waals surface area contributed by atoms with Crippen molar-refractivity contribution in [3.63, 3.8) is 0 Å². The number of rotatable bonds is 3. The van der Waals surface area contributed by atoms with Gasteiger partial charge in [0.05, 0.1) is 0 Å². The van der Waals surface area contributed by atoms with Gasteiger partial charge >= 0.3 is 6.03 Å². The number of carbonyl (C=O) groups excluding carboxylic acids is 1. The molecule has 0 aromatic heterocycles. The predicted molar refractivity (Wildman–Crippen MR) is 67.8 cm³/mol. The Balaban J connectivity index is 2.53. The van der Waals surface area contributed by atoms with E-state index in [1.165, 1.54) is 11.1 Å². The number of aryl methyl sites for hydroxylation is 2. The second kappa shape index (κ2) is 5.54. The standard InChI is InChI=1S/C13H20N2O/c1-9(2)8-14-13(16)15-12-6-5-10(3)11(4)7-12/h5-7,9H,8H2,1-4H3,(H2,14,15,16). The molecule has 2 amide bonds. The average molecular weight is 220 g/mol. The molecule has 3 heteroatoms. The van der Waals surface area contributed by atoms with E-state index in [-0.39, 0.29) is 6.03 Å². The van der Waals surface area contributed by atoms with Gasteiger partial charge in [0.25, 0.3) is 0 Å². The van der Waals surface area contributed by atoms with Crippen LogP contribution in [-0.4, -0.2) is 12.6 Å². The molecule has 1 aromatic rings. The molecule has 0 aliphatic heterocycles. The summed E-state index contributed by atoms with van der Waals surface area (Å²) in [6.45, 7) is 8.91. The topological polar surface area (TPSA) is 41.1 Å². The molecule has 0 heterocycles. The summed E-state index contributed by atoms with van der Waals surface area (Å²) in [4.78, 5) is 11.5. The van der Waals surface area contributed by atoms with Crippen molar-refractivity contribution in [1.82, 2.24) is 5.32 Å². The fourth-order valence-electron chi connectivity index (χ4n) is 1.29. The third kappa shape index (κ3) is 3.93. The van der Waals surface area contributed by atoms with Crippen LogP contribution in [0.5, 0.6) is 0 Å². The summed E-state index contributed by atoms with van der Waals surface area (Å²) in [6, 6.07) is 5.76. The molecule has 88 valence electrons. The Morgan fingerprint density at radius 2 is 1.94 bits per heavy atom. The fourth-order valence-corrected chi connectivity index (χ4v) is 1.29. The van der Waals surface area contributed by atoms with Crippen LogP contribution >= 0.6 is 0 Å². The van der Waals surface area contributed by atoms with E-state index in [1.54, 1.807) is 0 Å². The second-order valence-corrected chi connectivity index (χ2v) is 4.53. The molecule has 1 aromatic carbocycles. The molecule has 0 atom stereocenters. The van der Waals surface area contributed by atoms with Gasteiger partial charge in [0.1, 0.15) is 0 Å². The predicted octanol–water partition coefficient (Wildman–Crippen LogP) is 3.08. The van der Waals surface area contributed by atoms with Gasteiger partial charge in [0, 0.05) is 12.2 Å². The number of benzene rings is 1. The molecule has 0 aliphatic carbocycles. The first kappa shape index (κ1) is 12.6. The Bertz CT molecular complexity index is 372. The summed E-state index contributed by atoms with van der Waals surface area (Å²) in [7, 11) is 0. The van der Waals surface area contributed by atoms with E-state index in [9.17, 15) is 4.79 Å². The number of urea groups is 1. The van der Waals surface area contributed by atoms with E-state index in [0.717, 1.165) is 5.69 Å². The first-order valence-electron chi connectivity index (χ1n) is 5.61. The number of anilines is 1. The summed E-state index contributed by atoms with van der Waals surface area (Å²) < 4.78 is 0. The summed E-state index contributed by atoms with van der Waals surface area (Å²) in [5.74, 6) is 0.463. The van der Waals surface area contributed by atoms with Gasteiger partial charge in [-0.05, 0) is 43.0 Å². The van der Waals surface area contributed by atoms with Gasteiger partial charge < -0.3 is 10.6 Å². The minimum Gasteiger partial charge on any atom is -0.338 e. The van der Waals surface area contributed by atoms with Crippen molar-refractivity contribution < 1.29 is 4.79 Å². The van der Waals surface area contributed by atoms with Crippen LogP contribution in [0.1, 0.15) is 25.0 Å². The quantitative estimate of drug-likeness (QED) is 0.807. The van der Waals surface area contributed by atoms with Gasteiger partial charge in [0.15, 0.2) is 0 Å². The molecule has 0 aliphatic rings. The van der Waals surface area contributed by atoms with Crippen LogP contribution in [0.25, 0.3) is 0 Å². The van der Waals surface area contributed by atoms with Crippen LogP contribution in [0.15, 0.2) is 18.2 Å². The van der Waals surface area contributed by atoms with Gasteiger partial charge in [-0.25, -0.2) is 4.79 Å².